The molecule has 1 atom stereocenters. The van der Waals surface area contributed by atoms with Crippen LogP contribution in [0.25, 0.3) is 0 Å². The van der Waals surface area contributed by atoms with Crippen molar-refractivity contribution < 1.29 is 4.21 Å². The lowest BCUT2D eigenvalue weighted by molar-refractivity contribution is 0.674. The summed E-state index contributed by atoms with van der Waals surface area (Å²) in [4.78, 5) is 24.8. The summed E-state index contributed by atoms with van der Waals surface area (Å²) in [6, 6.07) is 7.15. The Kier molecular flexibility index (Phi) is 2.86. The molecule has 104 valence electrons. The Balaban J connectivity index is 2.36. The first-order valence-electron chi connectivity index (χ1n) is 6.04. The third-order valence-corrected chi connectivity index (χ3v) is 4.82. The van der Waals surface area contributed by atoms with Gasteiger partial charge in [0.25, 0.3) is 5.56 Å². The first-order chi connectivity index (χ1) is 9.50. The maximum Gasteiger partial charge on any atom is 0.332 e. The largest absolute Gasteiger partial charge is 0.340 e. The van der Waals surface area contributed by atoms with Gasteiger partial charge in [0.05, 0.1) is 32.7 Å². The molecular formula is C13H13N3O3S. The highest BCUT2D eigenvalue weighted by atomic mass is 32.2. The van der Waals surface area contributed by atoms with Gasteiger partial charge >= 0.3 is 5.69 Å². The Bertz CT molecular complexity index is 851. The minimum Gasteiger partial charge on any atom is -0.340 e. The molecule has 0 fully saturated rings. The number of aromatic nitrogens is 2. The van der Waals surface area contributed by atoms with Gasteiger partial charge in [-0.1, -0.05) is 12.1 Å². The highest BCUT2D eigenvalue weighted by Crippen LogP contribution is 2.29. The molecule has 0 radical (unpaired) electrons. The Morgan fingerprint density at radius 2 is 1.85 bits per heavy atom. The summed E-state index contributed by atoms with van der Waals surface area (Å²) in [6.45, 7) is 0. The maximum atomic E-state index is 12.4. The summed E-state index contributed by atoms with van der Waals surface area (Å²) in [7, 11) is 1.69. The Hall–Kier alpha value is -2.15. The predicted octanol–water partition coefficient (Wildman–Crippen LogP) is 0.449. The lowest BCUT2D eigenvalue weighted by atomic mass is 10.3. The number of hydrogen-bond donors (Lipinski definition) is 1. The fourth-order valence-electron chi connectivity index (χ4n) is 2.31. The molecule has 0 amide bonds. The molecule has 7 heteroatoms. The minimum atomic E-state index is -1.32. The Morgan fingerprint density at radius 3 is 2.60 bits per heavy atom. The van der Waals surface area contributed by atoms with Gasteiger partial charge < -0.3 is 5.32 Å². The van der Waals surface area contributed by atoms with Gasteiger partial charge in [-0.05, 0) is 12.1 Å². The van der Waals surface area contributed by atoms with Crippen LogP contribution in [0.3, 0.4) is 0 Å². The van der Waals surface area contributed by atoms with Gasteiger partial charge in [0.15, 0.2) is 0 Å². The Labute approximate surface area is 117 Å². The van der Waals surface area contributed by atoms with Gasteiger partial charge in [-0.2, -0.15) is 0 Å². The predicted molar refractivity (Wildman–Crippen MR) is 76.8 cm³/mol. The number of rotatable bonds is 0. The number of hydrogen-bond acceptors (Lipinski definition) is 4. The molecule has 1 N–H and O–H groups in total. The van der Waals surface area contributed by atoms with Crippen molar-refractivity contribution in [3.63, 3.8) is 0 Å². The molecular weight excluding hydrogens is 278 g/mol. The second kappa shape index (κ2) is 4.45. The van der Waals surface area contributed by atoms with Crippen LogP contribution >= 0.6 is 0 Å². The minimum absolute atomic E-state index is 0.0974. The molecule has 2 aromatic rings. The van der Waals surface area contributed by atoms with E-state index in [-0.39, 0.29) is 5.75 Å². The van der Waals surface area contributed by atoms with E-state index in [9.17, 15) is 13.8 Å². The molecule has 3 rings (SSSR count). The number of nitrogens with one attached hydrogen (secondary N) is 1. The van der Waals surface area contributed by atoms with E-state index in [2.05, 4.69) is 5.32 Å². The molecule has 0 bridgehead atoms. The summed E-state index contributed by atoms with van der Waals surface area (Å²) < 4.78 is 14.8. The summed E-state index contributed by atoms with van der Waals surface area (Å²) in [5.41, 5.74) is 0.208. The van der Waals surface area contributed by atoms with Crippen LogP contribution in [-0.2, 0) is 30.6 Å². The maximum absolute atomic E-state index is 12.4. The first-order valence-corrected chi connectivity index (χ1v) is 7.36. The molecule has 0 spiro atoms. The van der Waals surface area contributed by atoms with E-state index in [0.717, 1.165) is 4.57 Å². The van der Waals surface area contributed by atoms with Gasteiger partial charge in [-0.25, -0.2) is 4.79 Å². The van der Waals surface area contributed by atoms with Crippen molar-refractivity contribution in [2.24, 2.45) is 14.1 Å². The van der Waals surface area contributed by atoms with Crippen LogP contribution in [0.1, 0.15) is 5.56 Å². The molecule has 20 heavy (non-hydrogen) atoms. The quantitative estimate of drug-likeness (QED) is 0.765. The van der Waals surface area contributed by atoms with Gasteiger partial charge in [0.1, 0.15) is 5.82 Å². The molecule has 0 aliphatic carbocycles. The topological polar surface area (TPSA) is 73.1 Å². The van der Waals surface area contributed by atoms with Crippen LogP contribution < -0.4 is 16.6 Å². The molecule has 1 aromatic heterocycles. The molecule has 2 heterocycles. The zero-order chi connectivity index (χ0) is 14.4. The molecule has 6 nitrogen and oxygen atoms in total. The van der Waals surface area contributed by atoms with Crippen LogP contribution in [0.4, 0.5) is 11.5 Å². The van der Waals surface area contributed by atoms with Crippen molar-refractivity contribution in [2.45, 2.75) is 10.6 Å². The lowest BCUT2D eigenvalue weighted by Crippen LogP contribution is -2.40. The normalized spacial score (nSPS) is 16.8. The van der Waals surface area contributed by atoms with Crippen molar-refractivity contribution in [2.75, 3.05) is 5.32 Å². The van der Waals surface area contributed by atoms with E-state index in [4.69, 9.17) is 0 Å². The Morgan fingerprint density at radius 1 is 1.15 bits per heavy atom. The van der Waals surface area contributed by atoms with E-state index in [0.29, 0.717) is 22.0 Å². The van der Waals surface area contributed by atoms with E-state index in [1.807, 2.05) is 6.07 Å². The zero-order valence-corrected chi connectivity index (χ0v) is 11.9. The van der Waals surface area contributed by atoms with Crippen molar-refractivity contribution >= 4 is 22.3 Å². The lowest BCUT2D eigenvalue weighted by Gasteiger charge is -2.13. The van der Waals surface area contributed by atoms with Crippen LogP contribution in [0.5, 0.6) is 0 Å². The van der Waals surface area contributed by atoms with E-state index in [1.54, 1.807) is 25.2 Å². The molecule has 0 unspecified atom stereocenters. The average Bonchev–Trinajstić information content (AvgIpc) is 2.60. The van der Waals surface area contributed by atoms with Crippen LogP contribution in [-0.4, -0.2) is 13.3 Å². The number of benzene rings is 1. The second-order valence-corrected chi connectivity index (χ2v) is 6.06. The molecule has 0 saturated heterocycles. The number of anilines is 2. The zero-order valence-electron chi connectivity index (χ0n) is 11.0. The average molecular weight is 291 g/mol. The highest BCUT2D eigenvalue weighted by molar-refractivity contribution is 7.84. The number of para-hydroxylation sites is 1. The van der Waals surface area contributed by atoms with E-state index < -0.39 is 22.0 Å². The van der Waals surface area contributed by atoms with Gasteiger partial charge in [0.2, 0.25) is 0 Å². The van der Waals surface area contributed by atoms with Crippen LogP contribution in [0, 0.1) is 0 Å². The monoisotopic (exact) mass is 291 g/mol. The standard InChI is InChI=1S/C13H13N3O3S/c1-15-11-8(12(17)16(2)13(15)18)7-20(19)10-6-4-3-5-9(10)14-11/h3-6,14H,7H2,1-2H3/t20-/m0/s1. The van der Waals surface area contributed by atoms with E-state index in [1.165, 1.54) is 11.6 Å². The third-order valence-electron chi connectivity index (χ3n) is 3.42. The molecule has 0 saturated carbocycles. The number of fused-ring (bicyclic) bond motifs is 2. The fourth-order valence-corrected chi connectivity index (χ4v) is 3.58. The smallest absolute Gasteiger partial charge is 0.332 e. The second-order valence-electron chi connectivity index (χ2n) is 4.64. The van der Waals surface area contributed by atoms with Crippen LogP contribution in [0.2, 0.25) is 0 Å². The summed E-state index contributed by atoms with van der Waals surface area (Å²) in [5, 5.41) is 3.07. The van der Waals surface area contributed by atoms with Crippen molar-refractivity contribution in [3.8, 4) is 0 Å². The van der Waals surface area contributed by atoms with E-state index >= 15 is 0 Å². The van der Waals surface area contributed by atoms with Gasteiger partial charge in [-0.15, -0.1) is 0 Å². The summed E-state index contributed by atoms with van der Waals surface area (Å²) in [5.74, 6) is 0.511. The van der Waals surface area contributed by atoms with Gasteiger partial charge in [-0.3, -0.25) is 18.1 Å². The van der Waals surface area contributed by atoms with Gasteiger partial charge in [0, 0.05) is 14.1 Å². The highest BCUT2D eigenvalue weighted by Gasteiger charge is 2.23. The van der Waals surface area contributed by atoms with Crippen LogP contribution in [0.15, 0.2) is 38.8 Å². The summed E-state index contributed by atoms with van der Waals surface area (Å²) >= 11 is 0. The summed E-state index contributed by atoms with van der Waals surface area (Å²) in [6.07, 6.45) is 0. The van der Waals surface area contributed by atoms with Crippen molar-refractivity contribution in [3.05, 3.63) is 50.7 Å². The molecule has 1 aliphatic heterocycles. The molecule has 1 aromatic carbocycles. The van der Waals surface area contributed by atoms with Crippen molar-refractivity contribution in [1.82, 2.24) is 9.13 Å². The molecule has 1 aliphatic rings. The van der Waals surface area contributed by atoms with Crippen molar-refractivity contribution in [1.29, 1.82) is 0 Å². The first kappa shape index (κ1) is 12.9. The number of nitrogens with zero attached hydrogens (tertiary/aromatic N) is 2. The fraction of sp³-hybridized carbons (Fsp3) is 0.231. The third kappa shape index (κ3) is 1.74. The SMILES string of the molecule is Cn1c2c(c(=O)n(C)c1=O)C[S@](=O)c1ccccc1N2.